The van der Waals surface area contributed by atoms with Crippen LogP contribution in [0, 0.1) is 11.3 Å². The van der Waals surface area contributed by atoms with E-state index in [0.29, 0.717) is 11.4 Å². The molecule has 0 bridgehead atoms. The van der Waals surface area contributed by atoms with Gasteiger partial charge in [-0.2, -0.15) is 5.26 Å². The van der Waals surface area contributed by atoms with Crippen LogP contribution in [0.2, 0.25) is 0 Å². The molecule has 44 heavy (non-hydrogen) atoms. The van der Waals surface area contributed by atoms with Gasteiger partial charge in [-0.25, -0.2) is 15.0 Å². The van der Waals surface area contributed by atoms with Crippen LogP contribution in [0.4, 0.5) is 0 Å². The van der Waals surface area contributed by atoms with Crippen molar-refractivity contribution in [3.05, 3.63) is 151 Å². The topological polar surface area (TPSA) is 62.5 Å². The summed E-state index contributed by atoms with van der Waals surface area (Å²) in [4.78, 5) is 15.0. The van der Waals surface area contributed by atoms with Crippen molar-refractivity contribution in [1.29, 1.82) is 5.26 Å². The third-order valence-corrected chi connectivity index (χ3v) is 8.08. The minimum atomic E-state index is 0.576. The number of hydrogen-bond donors (Lipinski definition) is 0. The highest BCUT2D eigenvalue weighted by molar-refractivity contribution is 6.11. The SMILES string of the molecule is N#Cc1cccc(-c2nc(-c3ccccc3)cc(-c3ccc(-c4cccc5cc6c(ccc7ccccc76)nc45)cc3)n2)c1. The van der Waals surface area contributed by atoms with Gasteiger partial charge in [0.25, 0.3) is 0 Å². The lowest BCUT2D eigenvalue weighted by Crippen LogP contribution is -1.96. The fraction of sp³-hybridized carbons (Fsp3) is 0. The van der Waals surface area contributed by atoms with E-state index in [1.165, 1.54) is 10.8 Å². The Kier molecular flexibility index (Phi) is 6.14. The van der Waals surface area contributed by atoms with Gasteiger partial charge in [0, 0.05) is 33.0 Å². The van der Waals surface area contributed by atoms with Crippen LogP contribution < -0.4 is 0 Å². The molecule has 2 heterocycles. The van der Waals surface area contributed by atoms with E-state index in [1.807, 2.05) is 54.6 Å². The van der Waals surface area contributed by atoms with Crippen LogP contribution >= 0.6 is 0 Å². The molecule has 0 spiro atoms. The molecule has 0 saturated heterocycles. The lowest BCUT2D eigenvalue weighted by molar-refractivity contribution is 1.18. The molecule has 6 aromatic carbocycles. The van der Waals surface area contributed by atoms with Crippen molar-refractivity contribution in [2.24, 2.45) is 0 Å². The van der Waals surface area contributed by atoms with Gasteiger partial charge in [0.1, 0.15) is 0 Å². The zero-order chi connectivity index (χ0) is 29.5. The number of fused-ring (bicyclic) bond motifs is 4. The molecule has 8 aromatic rings. The maximum absolute atomic E-state index is 9.46. The van der Waals surface area contributed by atoms with Gasteiger partial charge in [0.05, 0.1) is 34.1 Å². The van der Waals surface area contributed by atoms with E-state index in [-0.39, 0.29) is 0 Å². The Morgan fingerprint density at radius 3 is 1.95 bits per heavy atom. The fourth-order valence-corrected chi connectivity index (χ4v) is 5.87. The first-order valence-corrected chi connectivity index (χ1v) is 14.5. The highest BCUT2D eigenvalue weighted by atomic mass is 14.9. The molecule has 0 aliphatic rings. The Hall–Kier alpha value is -6.18. The molecule has 8 rings (SSSR count). The summed E-state index contributed by atoms with van der Waals surface area (Å²) in [6.07, 6.45) is 0. The van der Waals surface area contributed by atoms with Gasteiger partial charge < -0.3 is 0 Å². The van der Waals surface area contributed by atoms with E-state index < -0.39 is 0 Å². The van der Waals surface area contributed by atoms with Crippen LogP contribution in [-0.4, -0.2) is 15.0 Å². The van der Waals surface area contributed by atoms with Crippen molar-refractivity contribution in [3.63, 3.8) is 0 Å². The van der Waals surface area contributed by atoms with Crippen LogP contribution in [0.1, 0.15) is 5.56 Å². The molecule has 0 atom stereocenters. The standard InChI is InChI=1S/C40H24N4/c41-25-26-8-6-13-32(22-26)40-43-37(29-10-2-1-3-11-29)24-38(44-40)30-18-16-28(17-19-30)34-15-7-12-31-23-35-33-14-5-4-9-27(33)20-21-36(35)42-39(31)34/h1-24H. The second-order valence-electron chi connectivity index (χ2n) is 10.8. The van der Waals surface area contributed by atoms with Gasteiger partial charge in [-0.05, 0) is 46.7 Å². The van der Waals surface area contributed by atoms with Gasteiger partial charge in [0.2, 0.25) is 0 Å². The molecule has 4 nitrogen and oxygen atoms in total. The minimum absolute atomic E-state index is 0.576. The van der Waals surface area contributed by atoms with Crippen LogP contribution in [0.15, 0.2) is 146 Å². The van der Waals surface area contributed by atoms with Crippen molar-refractivity contribution in [2.75, 3.05) is 0 Å². The van der Waals surface area contributed by atoms with Crippen LogP contribution in [0.25, 0.3) is 77.6 Å². The second kappa shape index (κ2) is 10.6. The van der Waals surface area contributed by atoms with Crippen LogP contribution in [-0.2, 0) is 0 Å². The van der Waals surface area contributed by atoms with E-state index in [9.17, 15) is 5.26 Å². The number of para-hydroxylation sites is 1. The zero-order valence-corrected chi connectivity index (χ0v) is 23.6. The average Bonchev–Trinajstić information content (AvgIpc) is 3.11. The molecule has 0 saturated carbocycles. The first kappa shape index (κ1) is 25.5. The number of nitriles is 1. The minimum Gasteiger partial charge on any atom is -0.247 e. The first-order valence-electron chi connectivity index (χ1n) is 14.5. The van der Waals surface area contributed by atoms with Crippen molar-refractivity contribution < 1.29 is 0 Å². The summed E-state index contributed by atoms with van der Waals surface area (Å²) in [5.41, 5.74) is 9.17. The van der Waals surface area contributed by atoms with Gasteiger partial charge in [-0.3, -0.25) is 0 Å². The molecule has 0 aliphatic heterocycles. The summed E-state index contributed by atoms with van der Waals surface area (Å²) in [7, 11) is 0. The Balaban J connectivity index is 1.23. The Labute approximate surface area is 254 Å². The smallest absolute Gasteiger partial charge is 0.160 e. The maximum Gasteiger partial charge on any atom is 0.160 e. The largest absolute Gasteiger partial charge is 0.247 e. The lowest BCUT2D eigenvalue weighted by Gasteiger charge is -2.11. The summed E-state index contributed by atoms with van der Waals surface area (Å²) in [5.74, 6) is 0.584. The lowest BCUT2D eigenvalue weighted by atomic mass is 9.97. The van der Waals surface area contributed by atoms with Gasteiger partial charge >= 0.3 is 0 Å². The zero-order valence-electron chi connectivity index (χ0n) is 23.6. The van der Waals surface area contributed by atoms with E-state index in [0.717, 1.165) is 61.0 Å². The van der Waals surface area contributed by atoms with Crippen LogP contribution in [0.5, 0.6) is 0 Å². The number of rotatable bonds is 4. The summed E-state index contributed by atoms with van der Waals surface area (Å²) < 4.78 is 0. The van der Waals surface area contributed by atoms with Crippen molar-refractivity contribution >= 4 is 32.6 Å². The third kappa shape index (κ3) is 4.54. The summed E-state index contributed by atoms with van der Waals surface area (Å²) in [6, 6.07) is 51.6. The average molecular weight is 561 g/mol. The van der Waals surface area contributed by atoms with Gasteiger partial charge in [-0.1, -0.05) is 115 Å². The third-order valence-electron chi connectivity index (χ3n) is 8.08. The van der Waals surface area contributed by atoms with Crippen LogP contribution in [0.3, 0.4) is 0 Å². The number of nitrogens with zero attached hydrogens (tertiary/aromatic N) is 4. The summed E-state index contributed by atoms with van der Waals surface area (Å²) >= 11 is 0. The molecule has 0 amide bonds. The molecule has 204 valence electrons. The van der Waals surface area contributed by atoms with E-state index in [1.54, 1.807) is 6.07 Å². The quantitative estimate of drug-likeness (QED) is 0.159. The van der Waals surface area contributed by atoms with E-state index in [4.69, 9.17) is 15.0 Å². The predicted molar refractivity (Wildman–Crippen MR) is 179 cm³/mol. The molecule has 0 radical (unpaired) electrons. The summed E-state index contributed by atoms with van der Waals surface area (Å²) in [6.45, 7) is 0. The van der Waals surface area contributed by atoms with Gasteiger partial charge in [-0.15, -0.1) is 0 Å². The van der Waals surface area contributed by atoms with E-state index in [2.05, 4.69) is 91.0 Å². The van der Waals surface area contributed by atoms with Crippen molar-refractivity contribution in [3.8, 4) is 51.1 Å². The molecule has 0 unspecified atom stereocenters. The Morgan fingerprint density at radius 1 is 0.455 bits per heavy atom. The second-order valence-corrected chi connectivity index (χ2v) is 10.8. The molecular weight excluding hydrogens is 536 g/mol. The Morgan fingerprint density at radius 2 is 1.14 bits per heavy atom. The number of aromatic nitrogens is 3. The van der Waals surface area contributed by atoms with E-state index >= 15 is 0 Å². The summed E-state index contributed by atoms with van der Waals surface area (Å²) in [5, 5.41) is 14.2. The molecule has 0 fully saturated rings. The highest BCUT2D eigenvalue weighted by Crippen LogP contribution is 2.34. The van der Waals surface area contributed by atoms with Gasteiger partial charge in [0.15, 0.2) is 5.82 Å². The normalized spacial score (nSPS) is 11.2. The number of pyridine rings is 1. The number of hydrogen-bond acceptors (Lipinski definition) is 4. The monoisotopic (exact) mass is 560 g/mol. The molecule has 0 N–H and O–H groups in total. The predicted octanol–water partition coefficient (Wildman–Crippen LogP) is 9.87. The van der Waals surface area contributed by atoms with Crippen molar-refractivity contribution in [1.82, 2.24) is 15.0 Å². The molecule has 2 aromatic heterocycles. The molecule has 0 aliphatic carbocycles. The molecule has 4 heteroatoms. The maximum atomic E-state index is 9.46. The highest BCUT2D eigenvalue weighted by Gasteiger charge is 2.13. The first-order chi connectivity index (χ1) is 21.7. The number of benzene rings is 6. The van der Waals surface area contributed by atoms with Crippen molar-refractivity contribution in [2.45, 2.75) is 0 Å². The fourth-order valence-electron chi connectivity index (χ4n) is 5.87. The Bertz CT molecular complexity index is 2390. The molecular formula is C40H24N4.